The molecule has 4 nitrogen and oxygen atoms in total. The molecule has 2 aliphatic heterocycles. The van der Waals surface area contributed by atoms with Crippen LogP contribution >= 0.6 is 0 Å². The second-order valence-electron chi connectivity index (χ2n) is 7.89. The van der Waals surface area contributed by atoms with Crippen LogP contribution in [0.4, 0.5) is 10.2 Å². The number of allylic oxidation sites excluding steroid dienone is 1. The number of carbonyl (C=O) groups is 1. The van der Waals surface area contributed by atoms with Gasteiger partial charge in [0.1, 0.15) is 11.6 Å². The van der Waals surface area contributed by atoms with Gasteiger partial charge in [-0.15, -0.1) is 0 Å². The highest BCUT2D eigenvalue weighted by Crippen LogP contribution is 2.27. The van der Waals surface area contributed by atoms with Gasteiger partial charge in [-0.05, 0) is 84.7 Å². The van der Waals surface area contributed by atoms with E-state index in [-0.39, 0.29) is 11.7 Å². The molecular weight excluding hydrogens is 377 g/mol. The highest BCUT2D eigenvalue weighted by atomic mass is 19.1. The van der Waals surface area contributed by atoms with Crippen molar-refractivity contribution in [2.75, 3.05) is 18.4 Å². The number of hydrogen-bond acceptors (Lipinski definition) is 3. The standard InChI is InChI=1S/C25H26FN3O/c1-17-5-9-22(26)15-23(17)20-4-3-12-29(13-11-20)24(30)10-7-19-14-21-8-6-18(2)28-25(21)27-16-19/h4-5,7,9-10,14-16H,2-3,6,8,11-13H2,1H3,(H,27,28)/b10-7+. The SMILES string of the molecule is C=C1CCc2cc(/C=C/C(=O)N3CCC=C(c4cc(F)ccc4C)CC3)cnc2N1. The fraction of sp³-hybridized carbons (Fsp3) is 0.280. The predicted octanol–water partition coefficient (Wildman–Crippen LogP) is 5.12. The van der Waals surface area contributed by atoms with Crippen molar-refractivity contribution in [2.24, 2.45) is 0 Å². The lowest BCUT2D eigenvalue weighted by Crippen LogP contribution is -2.30. The number of halogens is 1. The van der Waals surface area contributed by atoms with Gasteiger partial charge in [-0.3, -0.25) is 4.79 Å². The van der Waals surface area contributed by atoms with Crippen molar-refractivity contribution in [2.45, 2.75) is 32.6 Å². The van der Waals surface area contributed by atoms with E-state index in [9.17, 15) is 9.18 Å². The van der Waals surface area contributed by atoms with Crippen molar-refractivity contribution in [1.29, 1.82) is 0 Å². The van der Waals surface area contributed by atoms with E-state index in [4.69, 9.17) is 0 Å². The Hall–Kier alpha value is -3.21. The summed E-state index contributed by atoms with van der Waals surface area (Å²) in [4.78, 5) is 19.0. The largest absolute Gasteiger partial charge is 0.344 e. The maximum absolute atomic E-state index is 13.7. The first-order valence-electron chi connectivity index (χ1n) is 10.4. The number of aromatic nitrogens is 1. The number of fused-ring (bicyclic) bond motifs is 1. The average Bonchev–Trinajstić information content (AvgIpc) is 3.00. The van der Waals surface area contributed by atoms with E-state index in [1.807, 2.05) is 17.9 Å². The van der Waals surface area contributed by atoms with Gasteiger partial charge in [-0.1, -0.05) is 18.7 Å². The van der Waals surface area contributed by atoms with E-state index in [1.165, 1.54) is 6.07 Å². The highest BCUT2D eigenvalue weighted by molar-refractivity contribution is 5.92. The van der Waals surface area contributed by atoms with Crippen molar-refractivity contribution >= 4 is 23.4 Å². The monoisotopic (exact) mass is 403 g/mol. The highest BCUT2D eigenvalue weighted by Gasteiger charge is 2.17. The molecule has 0 saturated carbocycles. The third-order valence-corrected chi connectivity index (χ3v) is 5.70. The lowest BCUT2D eigenvalue weighted by Gasteiger charge is -2.19. The molecule has 154 valence electrons. The summed E-state index contributed by atoms with van der Waals surface area (Å²) in [6.45, 7) is 7.23. The van der Waals surface area contributed by atoms with Gasteiger partial charge in [-0.2, -0.15) is 0 Å². The molecule has 1 amide bonds. The third-order valence-electron chi connectivity index (χ3n) is 5.70. The maximum Gasteiger partial charge on any atom is 0.246 e. The summed E-state index contributed by atoms with van der Waals surface area (Å²) >= 11 is 0. The number of nitrogens with one attached hydrogen (secondary N) is 1. The minimum Gasteiger partial charge on any atom is -0.344 e. The molecule has 2 aromatic rings. The van der Waals surface area contributed by atoms with Crippen LogP contribution in [0.3, 0.4) is 0 Å². The quantitative estimate of drug-likeness (QED) is 0.724. The minimum absolute atomic E-state index is 0.00941. The van der Waals surface area contributed by atoms with Crippen LogP contribution in [0, 0.1) is 12.7 Å². The van der Waals surface area contributed by atoms with Crippen LogP contribution in [0.15, 0.2) is 54.9 Å². The number of benzene rings is 1. The first-order valence-corrected chi connectivity index (χ1v) is 10.4. The summed E-state index contributed by atoms with van der Waals surface area (Å²) in [7, 11) is 0. The number of carbonyl (C=O) groups excluding carboxylic acids is 1. The third kappa shape index (κ3) is 4.51. The molecule has 1 aromatic heterocycles. The van der Waals surface area contributed by atoms with E-state index in [0.717, 1.165) is 65.0 Å². The van der Waals surface area contributed by atoms with Gasteiger partial charge in [0, 0.05) is 31.1 Å². The van der Waals surface area contributed by atoms with E-state index in [1.54, 1.807) is 24.4 Å². The molecule has 0 bridgehead atoms. The number of pyridine rings is 1. The van der Waals surface area contributed by atoms with Crippen molar-refractivity contribution in [3.05, 3.63) is 83.0 Å². The lowest BCUT2D eigenvalue weighted by molar-refractivity contribution is -0.125. The molecule has 0 spiro atoms. The fourth-order valence-electron chi connectivity index (χ4n) is 3.98. The molecule has 0 unspecified atom stereocenters. The number of rotatable bonds is 3. The molecule has 0 atom stereocenters. The van der Waals surface area contributed by atoms with Crippen LogP contribution in [0.25, 0.3) is 11.6 Å². The Kier molecular flexibility index (Phi) is 5.79. The van der Waals surface area contributed by atoms with Crippen LogP contribution in [0.1, 0.15) is 41.5 Å². The van der Waals surface area contributed by atoms with Crippen molar-refractivity contribution < 1.29 is 9.18 Å². The van der Waals surface area contributed by atoms with E-state index in [0.29, 0.717) is 13.1 Å². The Morgan fingerprint density at radius 1 is 1.23 bits per heavy atom. The fourth-order valence-corrected chi connectivity index (χ4v) is 3.98. The predicted molar refractivity (Wildman–Crippen MR) is 119 cm³/mol. The Bertz CT molecular complexity index is 1050. The normalized spacial score (nSPS) is 16.7. The zero-order valence-corrected chi connectivity index (χ0v) is 17.2. The van der Waals surface area contributed by atoms with Crippen LogP contribution in [-0.4, -0.2) is 28.9 Å². The molecule has 5 heteroatoms. The summed E-state index contributed by atoms with van der Waals surface area (Å²) in [5, 5.41) is 3.20. The van der Waals surface area contributed by atoms with Crippen LogP contribution in [0.2, 0.25) is 0 Å². The van der Waals surface area contributed by atoms with Crippen molar-refractivity contribution in [1.82, 2.24) is 9.88 Å². The number of anilines is 1. The summed E-state index contributed by atoms with van der Waals surface area (Å²) in [5.74, 6) is 0.619. The van der Waals surface area contributed by atoms with Crippen LogP contribution < -0.4 is 5.32 Å². The molecule has 0 fully saturated rings. The molecule has 30 heavy (non-hydrogen) atoms. The molecular formula is C25H26FN3O. The second-order valence-corrected chi connectivity index (χ2v) is 7.89. The molecule has 0 aliphatic carbocycles. The van der Waals surface area contributed by atoms with E-state index < -0.39 is 0 Å². The number of aryl methyl sites for hydroxylation is 2. The smallest absolute Gasteiger partial charge is 0.246 e. The van der Waals surface area contributed by atoms with Gasteiger partial charge >= 0.3 is 0 Å². The number of nitrogens with zero attached hydrogens (tertiary/aromatic N) is 2. The maximum atomic E-state index is 13.7. The van der Waals surface area contributed by atoms with Gasteiger partial charge in [-0.25, -0.2) is 9.37 Å². The second kappa shape index (κ2) is 8.66. The molecule has 1 aromatic carbocycles. The van der Waals surface area contributed by atoms with Crippen LogP contribution in [-0.2, 0) is 11.2 Å². The zero-order chi connectivity index (χ0) is 21.1. The summed E-state index contributed by atoms with van der Waals surface area (Å²) in [6, 6.07) is 6.95. The van der Waals surface area contributed by atoms with Gasteiger partial charge in [0.25, 0.3) is 0 Å². The topological polar surface area (TPSA) is 45.2 Å². The first kappa shape index (κ1) is 20.1. The molecule has 0 saturated heterocycles. The molecule has 3 heterocycles. The molecule has 4 rings (SSSR count). The van der Waals surface area contributed by atoms with E-state index in [2.05, 4.69) is 29.0 Å². The van der Waals surface area contributed by atoms with Crippen LogP contribution in [0.5, 0.6) is 0 Å². The van der Waals surface area contributed by atoms with Gasteiger partial charge in [0.2, 0.25) is 5.91 Å². The zero-order valence-electron chi connectivity index (χ0n) is 17.2. The molecule has 0 radical (unpaired) electrons. The van der Waals surface area contributed by atoms with Gasteiger partial charge in [0.15, 0.2) is 0 Å². The first-order chi connectivity index (χ1) is 14.5. The molecule has 2 aliphatic rings. The Morgan fingerprint density at radius 3 is 2.97 bits per heavy atom. The summed E-state index contributed by atoms with van der Waals surface area (Å²) < 4.78 is 13.7. The molecule has 1 N–H and O–H groups in total. The lowest BCUT2D eigenvalue weighted by atomic mass is 9.97. The van der Waals surface area contributed by atoms with E-state index >= 15 is 0 Å². The van der Waals surface area contributed by atoms with Crippen molar-refractivity contribution in [3.63, 3.8) is 0 Å². The Labute approximate surface area is 176 Å². The van der Waals surface area contributed by atoms with Gasteiger partial charge < -0.3 is 10.2 Å². The number of amides is 1. The van der Waals surface area contributed by atoms with Crippen molar-refractivity contribution in [3.8, 4) is 0 Å². The summed E-state index contributed by atoms with van der Waals surface area (Å²) in [6.07, 6.45) is 10.6. The minimum atomic E-state index is -0.227. The summed E-state index contributed by atoms with van der Waals surface area (Å²) in [5.41, 5.74) is 6.15. The number of hydrogen-bond donors (Lipinski definition) is 1. The average molecular weight is 404 g/mol. The van der Waals surface area contributed by atoms with Gasteiger partial charge in [0.05, 0.1) is 0 Å². The Balaban J connectivity index is 1.40. The Morgan fingerprint density at radius 2 is 2.10 bits per heavy atom.